The molecule has 152 valence electrons. The number of hydrogen-bond acceptors (Lipinski definition) is 3. The Morgan fingerprint density at radius 3 is 2.55 bits per heavy atom. The number of nitrogens with one attached hydrogen (secondary N) is 1. The highest BCUT2D eigenvalue weighted by atomic mass is 19.1. The summed E-state index contributed by atoms with van der Waals surface area (Å²) in [5.74, 6) is 0.1000. The molecule has 29 heavy (non-hydrogen) atoms. The van der Waals surface area contributed by atoms with Gasteiger partial charge < -0.3 is 10.1 Å². The van der Waals surface area contributed by atoms with Crippen LogP contribution < -0.4 is 10.1 Å². The number of nitrogens with zero attached hydrogens (tertiary/aromatic N) is 2. The topological polar surface area (TPSA) is 56.2 Å². The largest absolute Gasteiger partial charge is 0.497 e. The average Bonchev–Trinajstić information content (AvgIpc) is 3.19. The van der Waals surface area contributed by atoms with Gasteiger partial charge in [0, 0.05) is 12.1 Å². The van der Waals surface area contributed by atoms with Crippen LogP contribution >= 0.6 is 0 Å². The van der Waals surface area contributed by atoms with Crippen molar-refractivity contribution in [1.29, 1.82) is 0 Å². The van der Waals surface area contributed by atoms with Gasteiger partial charge in [-0.25, -0.2) is 9.07 Å². The van der Waals surface area contributed by atoms with E-state index in [0.717, 1.165) is 25.7 Å². The summed E-state index contributed by atoms with van der Waals surface area (Å²) in [6.45, 7) is 2.75. The van der Waals surface area contributed by atoms with Crippen LogP contribution in [-0.2, 0) is 0 Å². The van der Waals surface area contributed by atoms with Crippen molar-refractivity contribution in [2.24, 2.45) is 0 Å². The Hall–Kier alpha value is -3.15. The lowest BCUT2D eigenvalue weighted by Gasteiger charge is -2.09. The van der Waals surface area contributed by atoms with Gasteiger partial charge >= 0.3 is 0 Å². The van der Waals surface area contributed by atoms with Gasteiger partial charge in [0.05, 0.1) is 18.5 Å². The normalized spacial score (nSPS) is 10.7. The minimum Gasteiger partial charge on any atom is -0.497 e. The Labute approximate surface area is 170 Å². The first kappa shape index (κ1) is 20.6. The smallest absolute Gasteiger partial charge is 0.270 e. The first-order chi connectivity index (χ1) is 14.1. The molecule has 0 aliphatic carbocycles. The van der Waals surface area contributed by atoms with Gasteiger partial charge in [0.25, 0.3) is 5.91 Å². The number of aromatic nitrogens is 2. The third kappa shape index (κ3) is 5.02. The molecule has 0 bridgehead atoms. The Bertz CT molecular complexity index is 951. The molecule has 1 N–H and O–H groups in total. The summed E-state index contributed by atoms with van der Waals surface area (Å²) in [5.41, 5.74) is 1.83. The minimum absolute atomic E-state index is 0.229. The first-order valence-electron chi connectivity index (χ1n) is 9.91. The number of carbonyl (C=O) groups excluding carboxylic acids is 1. The fourth-order valence-corrected chi connectivity index (χ4v) is 3.11. The van der Waals surface area contributed by atoms with Gasteiger partial charge in [-0.1, -0.05) is 38.3 Å². The van der Waals surface area contributed by atoms with Crippen LogP contribution in [0.2, 0.25) is 0 Å². The molecule has 1 aromatic heterocycles. The maximum Gasteiger partial charge on any atom is 0.270 e. The highest BCUT2D eigenvalue weighted by Crippen LogP contribution is 2.25. The number of ether oxygens (including phenoxy) is 1. The molecule has 0 radical (unpaired) electrons. The van der Waals surface area contributed by atoms with E-state index in [1.54, 1.807) is 48.2 Å². The fraction of sp³-hybridized carbons (Fsp3) is 0.304. The number of carbonyl (C=O) groups is 1. The summed E-state index contributed by atoms with van der Waals surface area (Å²) >= 11 is 0. The highest BCUT2D eigenvalue weighted by molar-refractivity contribution is 5.94. The zero-order valence-corrected chi connectivity index (χ0v) is 16.8. The van der Waals surface area contributed by atoms with E-state index in [-0.39, 0.29) is 11.7 Å². The van der Waals surface area contributed by atoms with Gasteiger partial charge in [-0.15, -0.1) is 0 Å². The average molecular weight is 395 g/mol. The van der Waals surface area contributed by atoms with Crippen molar-refractivity contribution in [1.82, 2.24) is 15.1 Å². The lowest BCUT2D eigenvalue weighted by Crippen LogP contribution is -2.26. The van der Waals surface area contributed by atoms with Crippen molar-refractivity contribution < 1.29 is 13.9 Å². The first-order valence-corrected chi connectivity index (χ1v) is 9.91. The Morgan fingerprint density at radius 2 is 1.86 bits per heavy atom. The SMILES string of the molecule is CCCCCCNC(=O)c1cc(-c2ccccc2F)nn1-c1ccc(OC)cc1. The molecule has 6 heteroatoms. The monoisotopic (exact) mass is 395 g/mol. The van der Waals surface area contributed by atoms with Crippen LogP contribution in [0.15, 0.2) is 54.6 Å². The summed E-state index contributed by atoms with van der Waals surface area (Å²) in [6.07, 6.45) is 4.30. The van der Waals surface area contributed by atoms with E-state index >= 15 is 0 Å². The molecule has 0 fully saturated rings. The lowest BCUT2D eigenvalue weighted by molar-refractivity contribution is 0.0945. The van der Waals surface area contributed by atoms with E-state index in [1.807, 2.05) is 12.1 Å². The summed E-state index contributed by atoms with van der Waals surface area (Å²) in [6, 6.07) is 15.3. The quantitative estimate of drug-likeness (QED) is 0.519. The van der Waals surface area contributed by atoms with Crippen molar-refractivity contribution in [3.05, 3.63) is 66.1 Å². The summed E-state index contributed by atoms with van der Waals surface area (Å²) in [7, 11) is 1.59. The van der Waals surface area contributed by atoms with Gasteiger partial charge in [0.15, 0.2) is 0 Å². The second kappa shape index (κ2) is 9.87. The van der Waals surface area contributed by atoms with E-state index in [2.05, 4.69) is 17.3 Å². The van der Waals surface area contributed by atoms with Crippen LogP contribution in [0.25, 0.3) is 16.9 Å². The highest BCUT2D eigenvalue weighted by Gasteiger charge is 2.19. The molecular weight excluding hydrogens is 369 g/mol. The van der Waals surface area contributed by atoms with E-state index < -0.39 is 0 Å². The Balaban J connectivity index is 1.91. The number of benzene rings is 2. The molecule has 0 aliphatic rings. The van der Waals surface area contributed by atoms with Gasteiger partial charge in [0.1, 0.15) is 17.3 Å². The number of hydrogen-bond donors (Lipinski definition) is 1. The fourth-order valence-electron chi connectivity index (χ4n) is 3.11. The minimum atomic E-state index is -0.376. The number of halogens is 1. The molecule has 3 rings (SSSR count). The van der Waals surface area contributed by atoms with Crippen molar-refractivity contribution in [3.8, 4) is 22.7 Å². The van der Waals surface area contributed by atoms with Crippen molar-refractivity contribution in [2.45, 2.75) is 32.6 Å². The predicted octanol–water partition coefficient (Wildman–Crippen LogP) is 5.00. The van der Waals surface area contributed by atoms with Crippen LogP contribution in [0.3, 0.4) is 0 Å². The maximum atomic E-state index is 14.3. The van der Waals surface area contributed by atoms with E-state index in [0.29, 0.717) is 34.9 Å². The molecular formula is C23H26FN3O2. The third-order valence-corrected chi connectivity index (χ3v) is 4.72. The van der Waals surface area contributed by atoms with Gasteiger partial charge in [0.2, 0.25) is 0 Å². The van der Waals surface area contributed by atoms with Gasteiger partial charge in [-0.3, -0.25) is 4.79 Å². The predicted molar refractivity (Wildman–Crippen MR) is 112 cm³/mol. The molecule has 0 unspecified atom stereocenters. The molecule has 1 amide bonds. The molecule has 0 saturated carbocycles. The molecule has 0 saturated heterocycles. The second-order valence-corrected chi connectivity index (χ2v) is 6.82. The van der Waals surface area contributed by atoms with Crippen LogP contribution in [0.1, 0.15) is 43.1 Å². The molecule has 0 aliphatic heterocycles. The zero-order chi connectivity index (χ0) is 20.6. The second-order valence-electron chi connectivity index (χ2n) is 6.82. The number of amides is 1. The van der Waals surface area contributed by atoms with Crippen LogP contribution in [-0.4, -0.2) is 29.3 Å². The zero-order valence-electron chi connectivity index (χ0n) is 16.8. The van der Waals surface area contributed by atoms with Crippen molar-refractivity contribution >= 4 is 5.91 Å². The number of rotatable bonds is 9. The van der Waals surface area contributed by atoms with Gasteiger partial charge in [-0.2, -0.15) is 5.10 Å². The molecule has 5 nitrogen and oxygen atoms in total. The lowest BCUT2D eigenvalue weighted by atomic mass is 10.1. The van der Waals surface area contributed by atoms with Crippen molar-refractivity contribution in [2.75, 3.05) is 13.7 Å². The van der Waals surface area contributed by atoms with E-state index in [4.69, 9.17) is 4.74 Å². The van der Waals surface area contributed by atoms with Crippen molar-refractivity contribution in [3.63, 3.8) is 0 Å². The van der Waals surface area contributed by atoms with Crippen LogP contribution in [0.4, 0.5) is 4.39 Å². The van der Waals surface area contributed by atoms with E-state index in [1.165, 1.54) is 6.07 Å². The Kier molecular flexibility index (Phi) is 7.00. The molecule has 0 atom stereocenters. The summed E-state index contributed by atoms with van der Waals surface area (Å²) < 4.78 is 21.0. The number of methoxy groups -OCH3 is 1. The van der Waals surface area contributed by atoms with Crippen LogP contribution in [0, 0.1) is 5.82 Å². The summed E-state index contributed by atoms with van der Waals surface area (Å²) in [4.78, 5) is 12.8. The molecule has 0 spiro atoms. The number of unbranched alkanes of at least 4 members (excludes halogenated alkanes) is 3. The third-order valence-electron chi connectivity index (χ3n) is 4.72. The molecule has 2 aromatic carbocycles. The van der Waals surface area contributed by atoms with Crippen LogP contribution in [0.5, 0.6) is 5.75 Å². The summed E-state index contributed by atoms with van der Waals surface area (Å²) in [5, 5.41) is 7.47. The molecule has 1 heterocycles. The maximum absolute atomic E-state index is 14.3. The Morgan fingerprint density at radius 1 is 1.10 bits per heavy atom. The molecule has 3 aromatic rings. The standard InChI is InChI=1S/C23H26FN3O2/c1-3-4-5-8-15-25-23(28)22-16-21(19-9-6-7-10-20(19)24)26-27(22)17-11-13-18(29-2)14-12-17/h6-7,9-14,16H,3-5,8,15H2,1-2H3,(H,25,28). The van der Waals surface area contributed by atoms with Gasteiger partial charge in [-0.05, 0) is 48.9 Å². The van der Waals surface area contributed by atoms with E-state index in [9.17, 15) is 9.18 Å².